The molecule has 4 heteroatoms. The average molecular weight is 332 g/mol. The van der Waals surface area contributed by atoms with Crippen LogP contribution in [0.4, 0.5) is 0 Å². The van der Waals surface area contributed by atoms with Crippen LogP contribution in [-0.2, 0) is 0 Å². The molecule has 3 aromatic rings. The van der Waals surface area contributed by atoms with E-state index in [4.69, 9.17) is 16.2 Å². The van der Waals surface area contributed by atoms with Crippen molar-refractivity contribution >= 4 is 28.8 Å². The predicted octanol–water partition coefficient (Wildman–Crippen LogP) is 3.32. The molecule has 0 bridgehead atoms. The monoisotopic (exact) mass is 332 g/mol. The molecule has 1 atom stereocenters. The van der Waals surface area contributed by atoms with E-state index in [9.17, 15) is 5.11 Å². The molecule has 1 unspecified atom stereocenters. The fourth-order valence-corrected chi connectivity index (χ4v) is 2.66. The van der Waals surface area contributed by atoms with Gasteiger partial charge in [-0.3, -0.25) is 5.41 Å². The third-order valence-electron chi connectivity index (χ3n) is 4.14. The fourth-order valence-electron chi connectivity index (χ4n) is 2.66. The third kappa shape index (κ3) is 3.94. The first-order chi connectivity index (χ1) is 12.1. The van der Waals surface area contributed by atoms with Crippen molar-refractivity contribution in [2.45, 2.75) is 6.10 Å². The summed E-state index contributed by atoms with van der Waals surface area (Å²) in [4.78, 5) is 0. The van der Waals surface area contributed by atoms with Crippen LogP contribution in [0.3, 0.4) is 0 Å². The number of benzene rings is 3. The van der Waals surface area contributed by atoms with E-state index in [1.807, 2.05) is 66.7 Å². The smallest absolute Gasteiger partial charge is 0.122 e. The minimum Gasteiger partial charge on any atom is -0.393 e. The number of nitrogen functional groups attached to an aromatic ring is 1. The van der Waals surface area contributed by atoms with Crippen LogP contribution in [-0.4, -0.2) is 22.7 Å². The van der Waals surface area contributed by atoms with Gasteiger partial charge in [0.25, 0.3) is 0 Å². The molecule has 0 aliphatic heterocycles. The number of rotatable bonds is 5. The normalized spacial score (nSPS) is 12.6. The largest absolute Gasteiger partial charge is 0.393 e. The van der Waals surface area contributed by atoms with E-state index in [-0.39, 0.29) is 12.4 Å². The molecule has 126 valence electrons. The Balaban J connectivity index is 1.81. The van der Waals surface area contributed by atoms with Crippen LogP contribution in [0.1, 0.15) is 28.4 Å². The molecule has 0 aliphatic carbocycles. The summed E-state index contributed by atoms with van der Waals surface area (Å²) in [6.45, 7) is -0.280. The molecule has 0 aliphatic rings. The number of nitrogens with one attached hydrogen (secondary N) is 1. The van der Waals surface area contributed by atoms with Gasteiger partial charge in [0.2, 0.25) is 0 Å². The maximum absolute atomic E-state index is 9.59. The van der Waals surface area contributed by atoms with Crippen LogP contribution in [0.25, 0.3) is 22.9 Å². The van der Waals surface area contributed by atoms with E-state index >= 15 is 0 Å². The number of hydrogen-bond donors (Lipinski definition) is 4. The Kier molecular flexibility index (Phi) is 4.93. The Labute approximate surface area is 146 Å². The van der Waals surface area contributed by atoms with E-state index in [1.54, 1.807) is 0 Å². The first kappa shape index (κ1) is 16.9. The zero-order valence-corrected chi connectivity index (χ0v) is 13.7. The van der Waals surface area contributed by atoms with Crippen molar-refractivity contribution in [1.29, 1.82) is 5.41 Å². The molecule has 0 saturated carbocycles. The molecule has 5 N–H and O–H groups in total. The molecule has 0 saturated heterocycles. The van der Waals surface area contributed by atoms with E-state index in [1.165, 1.54) is 0 Å². The van der Waals surface area contributed by atoms with Gasteiger partial charge < -0.3 is 15.9 Å². The topological polar surface area (TPSA) is 90.3 Å². The molecular weight excluding hydrogens is 312 g/mol. The number of nitrogens with two attached hydrogens (primary N) is 1. The van der Waals surface area contributed by atoms with Crippen molar-refractivity contribution in [3.8, 4) is 0 Å². The van der Waals surface area contributed by atoms with Crippen molar-refractivity contribution in [2.75, 3.05) is 6.61 Å². The minimum absolute atomic E-state index is 0.0700. The van der Waals surface area contributed by atoms with Gasteiger partial charge in [-0.2, -0.15) is 0 Å². The highest BCUT2D eigenvalue weighted by Gasteiger charge is 2.04. The Morgan fingerprint density at radius 2 is 1.52 bits per heavy atom. The number of aliphatic hydroxyl groups is 2. The Bertz CT molecular complexity index is 930. The standard InChI is InChI=1S/C21H20N2O2/c22-21(23)19-10-9-17-11-15(5-8-18(17)12-19)2-1-14-3-6-16(7-4-14)20(25)13-24/h1-12,20,24-25H,13H2,(H3,22,23)/b2-1+. The Morgan fingerprint density at radius 3 is 2.20 bits per heavy atom. The molecule has 0 radical (unpaired) electrons. The number of amidine groups is 1. The zero-order valence-electron chi connectivity index (χ0n) is 13.7. The first-order valence-electron chi connectivity index (χ1n) is 8.02. The molecule has 0 amide bonds. The lowest BCUT2D eigenvalue weighted by Crippen LogP contribution is -2.10. The lowest BCUT2D eigenvalue weighted by molar-refractivity contribution is 0.0956. The number of fused-ring (bicyclic) bond motifs is 1. The summed E-state index contributed by atoms with van der Waals surface area (Å²) in [5, 5.41) is 28.2. The highest BCUT2D eigenvalue weighted by Crippen LogP contribution is 2.20. The summed E-state index contributed by atoms with van der Waals surface area (Å²) in [5.41, 5.74) is 9.04. The van der Waals surface area contributed by atoms with Crippen LogP contribution in [0.15, 0.2) is 60.7 Å². The fraction of sp³-hybridized carbons (Fsp3) is 0.0952. The quantitative estimate of drug-likeness (QED) is 0.328. The third-order valence-corrected chi connectivity index (χ3v) is 4.14. The van der Waals surface area contributed by atoms with Gasteiger partial charge in [0.15, 0.2) is 0 Å². The van der Waals surface area contributed by atoms with Gasteiger partial charge >= 0.3 is 0 Å². The summed E-state index contributed by atoms with van der Waals surface area (Å²) in [5.74, 6) is 0.0700. The van der Waals surface area contributed by atoms with E-state index in [0.29, 0.717) is 5.56 Å². The van der Waals surface area contributed by atoms with Gasteiger partial charge in [0.05, 0.1) is 6.61 Å². The second-order valence-corrected chi connectivity index (χ2v) is 5.93. The highest BCUT2D eigenvalue weighted by atomic mass is 16.3. The van der Waals surface area contributed by atoms with Gasteiger partial charge in [-0.25, -0.2) is 0 Å². The van der Waals surface area contributed by atoms with E-state index < -0.39 is 6.10 Å². The van der Waals surface area contributed by atoms with Gasteiger partial charge in [-0.05, 0) is 39.6 Å². The maximum Gasteiger partial charge on any atom is 0.122 e. The lowest BCUT2D eigenvalue weighted by Gasteiger charge is -2.07. The molecule has 25 heavy (non-hydrogen) atoms. The van der Waals surface area contributed by atoms with Crippen LogP contribution in [0, 0.1) is 5.41 Å². The molecular formula is C21H20N2O2. The molecule has 4 nitrogen and oxygen atoms in total. The summed E-state index contributed by atoms with van der Waals surface area (Å²) >= 11 is 0. The molecule has 0 heterocycles. The molecule has 3 aromatic carbocycles. The van der Waals surface area contributed by atoms with Crippen molar-refractivity contribution in [3.05, 3.63) is 82.9 Å². The molecule has 0 aromatic heterocycles. The molecule has 3 rings (SSSR count). The van der Waals surface area contributed by atoms with Crippen molar-refractivity contribution in [1.82, 2.24) is 0 Å². The Morgan fingerprint density at radius 1 is 0.920 bits per heavy atom. The van der Waals surface area contributed by atoms with E-state index in [0.717, 1.165) is 27.5 Å². The average Bonchev–Trinajstić information content (AvgIpc) is 2.65. The number of aliphatic hydroxyl groups excluding tert-OH is 2. The van der Waals surface area contributed by atoms with Crippen LogP contribution >= 0.6 is 0 Å². The van der Waals surface area contributed by atoms with Crippen molar-refractivity contribution in [3.63, 3.8) is 0 Å². The van der Waals surface area contributed by atoms with Crippen LogP contribution < -0.4 is 5.73 Å². The van der Waals surface area contributed by atoms with Crippen LogP contribution in [0.2, 0.25) is 0 Å². The second-order valence-electron chi connectivity index (χ2n) is 5.93. The summed E-state index contributed by atoms with van der Waals surface area (Å²) < 4.78 is 0. The summed E-state index contributed by atoms with van der Waals surface area (Å²) in [7, 11) is 0. The van der Waals surface area contributed by atoms with Gasteiger partial charge in [0, 0.05) is 5.56 Å². The SMILES string of the molecule is N=C(N)c1ccc2cc(/C=C/c3ccc(C(O)CO)cc3)ccc2c1. The second kappa shape index (κ2) is 7.30. The minimum atomic E-state index is -0.835. The first-order valence-corrected chi connectivity index (χ1v) is 8.02. The van der Waals surface area contributed by atoms with Gasteiger partial charge in [-0.15, -0.1) is 0 Å². The van der Waals surface area contributed by atoms with Gasteiger partial charge in [0.1, 0.15) is 11.9 Å². The van der Waals surface area contributed by atoms with E-state index in [2.05, 4.69) is 6.07 Å². The summed E-state index contributed by atoms with van der Waals surface area (Å²) in [6, 6.07) is 19.3. The Hall–Kier alpha value is -2.95. The van der Waals surface area contributed by atoms with Crippen LogP contribution in [0.5, 0.6) is 0 Å². The van der Waals surface area contributed by atoms with Gasteiger partial charge in [-0.1, -0.05) is 60.7 Å². The predicted molar refractivity (Wildman–Crippen MR) is 102 cm³/mol. The highest BCUT2D eigenvalue weighted by molar-refractivity contribution is 5.99. The summed E-state index contributed by atoms with van der Waals surface area (Å²) in [6.07, 6.45) is 3.19. The van der Waals surface area contributed by atoms with Crippen molar-refractivity contribution in [2.24, 2.45) is 5.73 Å². The zero-order chi connectivity index (χ0) is 17.8. The number of hydrogen-bond acceptors (Lipinski definition) is 3. The molecule has 0 fully saturated rings. The maximum atomic E-state index is 9.59. The lowest BCUT2D eigenvalue weighted by atomic mass is 10.0. The van der Waals surface area contributed by atoms with Crippen molar-refractivity contribution < 1.29 is 10.2 Å². The molecule has 0 spiro atoms.